The van der Waals surface area contributed by atoms with Gasteiger partial charge < -0.3 is 0 Å². The molecule has 2 unspecified atom stereocenters. The number of Topliss-reactive ketones (excluding diaryl/α,β-unsaturated/α-hetero) is 1. The predicted molar refractivity (Wildman–Crippen MR) is 109 cm³/mol. The second-order valence-electron chi connectivity index (χ2n) is 6.91. The van der Waals surface area contributed by atoms with Crippen molar-refractivity contribution in [2.24, 2.45) is 5.92 Å². The zero-order valence-corrected chi connectivity index (χ0v) is 16.3. The third kappa shape index (κ3) is 3.47. The number of benzene rings is 3. The zero-order chi connectivity index (χ0) is 20.4. The highest BCUT2D eigenvalue weighted by molar-refractivity contribution is 7.89. The number of ketones is 1. The van der Waals surface area contributed by atoms with Crippen molar-refractivity contribution in [1.82, 2.24) is 4.31 Å². The molecular formula is C23H19NO4S. The van der Waals surface area contributed by atoms with Gasteiger partial charge in [0, 0.05) is 18.0 Å². The molecule has 1 saturated heterocycles. The van der Waals surface area contributed by atoms with Crippen molar-refractivity contribution in [2.75, 3.05) is 6.54 Å². The third-order valence-corrected chi connectivity index (χ3v) is 6.95. The molecule has 0 N–H and O–H groups in total. The molecule has 1 heterocycles. The molecule has 0 aromatic heterocycles. The largest absolute Gasteiger partial charge is 0.293 e. The number of carbonyl (C=O) groups excluding carboxylic acids is 2. The average Bonchev–Trinajstić information content (AvgIpc) is 3.13. The summed E-state index contributed by atoms with van der Waals surface area (Å²) in [5.41, 5.74) is 1.16. The van der Waals surface area contributed by atoms with Crippen molar-refractivity contribution < 1.29 is 18.0 Å². The van der Waals surface area contributed by atoms with E-state index in [1.807, 2.05) is 30.3 Å². The van der Waals surface area contributed by atoms with Gasteiger partial charge in [-0.3, -0.25) is 9.59 Å². The van der Waals surface area contributed by atoms with Crippen LogP contribution in [0.15, 0.2) is 95.9 Å². The Hall–Kier alpha value is -3.25. The van der Waals surface area contributed by atoms with E-state index in [-0.39, 0.29) is 17.2 Å². The first-order chi connectivity index (χ1) is 14.0. The van der Waals surface area contributed by atoms with Gasteiger partial charge >= 0.3 is 0 Å². The van der Waals surface area contributed by atoms with Crippen molar-refractivity contribution in [2.45, 2.75) is 10.8 Å². The number of sulfonamides is 1. The minimum absolute atomic E-state index is 0.0352. The standard InChI is InChI=1S/C23H19NO4S/c25-22(18-12-6-2-7-13-18)21-20(17-10-4-1-5-11-17)16-24(23(21)26)29(27,28)19-14-8-3-9-15-19/h1-15,20-21H,16H2. The highest BCUT2D eigenvalue weighted by Gasteiger charge is 2.50. The Labute approximate surface area is 169 Å². The molecular weight excluding hydrogens is 386 g/mol. The number of rotatable bonds is 5. The summed E-state index contributed by atoms with van der Waals surface area (Å²) in [6, 6.07) is 25.5. The van der Waals surface area contributed by atoms with Crippen LogP contribution in [-0.2, 0) is 14.8 Å². The summed E-state index contributed by atoms with van der Waals surface area (Å²) in [6.07, 6.45) is 0. The first-order valence-electron chi connectivity index (χ1n) is 9.26. The lowest BCUT2D eigenvalue weighted by Crippen LogP contribution is -2.35. The van der Waals surface area contributed by atoms with Crippen molar-refractivity contribution in [3.8, 4) is 0 Å². The first kappa shape index (κ1) is 19.1. The number of hydrogen-bond acceptors (Lipinski definition) is 4. The van der Waals surface area contributed by atoms with Gasteiger partial charge in [-0.05, 0) is 17.7 Å². The Balaban J connectivity index is 1.78. The fourth-order valence-corrected chi connectivity index (χ4v) is 5.18. The summed E-state index contributed by atoms with van der Waals surface area (Å²) in [5, 5.41) is 0. The molecule has 1 fully saturated rings. The molecule has 4 rings (SSSR count). The SMILES string of the molecule is O=C(c1ccccc1)C1C(=O)N(S(=O)(=O)c2ccccc2)CC1c1ccccc1. The van der Waals surface area contributed by atoms with Gasteiger partial charge in [0.2, 0.25) is 5.91 Å². The van der Waals surface area contributed by atoms with E-state index >= 15 is 0 Å². The van der Waals surface area contributed by atoms with Crippen LogP contribution < -0.4 is 0 Å². The van der Waals surface area contributed by atoms with Crippen molar-refractivity contribution in [1.29, 1.82) is 0 Å². The zero-order valence-electron chi connectivity index (χ0n) is 15.5. The Morgan fingerprint density at radius 1 is 0.793 bits per heavy atom. The van der Waals surface area contributed by atoms with Gasteiger partial charge in [-0.25, -0.2) is 12.7 Å². The summed E-state index contributed by atoms with van der Waals surface area (Å²) in [7, 11) is -4.05. The minimum Gasteiger partial charge on any atom is -0.293 e. The molecule has 0 bridgehead atoms. The van der Waals surface area contributed by atoms with Gasteiger partial charge in [-0.2, -0.15) is 0 Å². The Morgan fingerprint density at radius 3 is 1.90 bits per heavy atom. The van der Waals surface area contributed by atoms with E-state index in [4.69, 9.17) is 0 Å². The van der Waals surface area contributed by atoms with E-state index in [9.17, 15) is 18.0 Å². The van der Waals surface area contributed by atoms with Gasteiger partial charge in [-0.15, -0.1) is 0 Å². The summed E-state index contributed by atoms with van der Waals surface area (Å²) < 4.78 is 27.1. The van der Waals surface area contributed by atoms with Crippen LogP contribution in [0.2, 0.25) is 0 Å². The molecule has 0 saturated carbocycles. The minimum atomic E-state index is -4.05. The van der Waals surface area contributed by atoms with Gasteiger partial charge in [0.25, 0.3) is 10.0 Å². The van der Waals surface area contributed by atoms with Crippen molar-refractivity contribution in [3.05, 3.63) is 102 Å². The van der Waals surface area contributed by atoms with Crippen molar-refractivity contribution >= 4 is 21.7 Å². The van der Waals surface area contributed by atoms with E-state index in [0.717, 1.165) is 9.87 Å². The maximum Gasteiger partial charge on any atom is 0.266 e. The van der Waals surface area contributed by atoms with Gasteiger partial charge in [0.1, 0.15) is 5.92 Å². The smallest absolute Gasteiger partial charge is 0.266 e. The highest BCUT2D eigenvalue weighted by Crippen LogP contribution is 2.38. The highest BCUT2D eigenvalue weighted by atomic mass is 32.2. The van der Waals surface area contributed by atoms with E-state index < -0.39 is 27.8 Å². The fourth-order valence-electron chi connectivity index (χ4n) is 3.71. The molecule has 1 aliphatic heterocycles. The first-order valence-corrected chi connectivity index (χ1v) is 10.7. The lowest BCUT2D eigenvalue weighted by Gasteiger charge is -2.17. The van der Waals surface area contributed by atoms with Crippen LogP contribution in [0.4, 0.5) is 0 Å². The summed E-state index contributed by atoms with van der Waals surface area (Å²) >= 11 is 0. The molecule has 5 nitrogen and oxygen atoms in total. The van der Waals surface area contributed by atoms with E-state index in [1.54, 1.807) is 48.5 Å². The molecule has 6 heteroatoms. The molecule has 1 amide bonds. The van der Waals surface area contributed by atoms with Crippen LogP contribution >= 0.6 is 0 Å². The molecule has 2 atom stereocenters. The molecule has 0 aliphatic carbocycles. The Kier molecular flexibility index (Phi) is 5.03. The fraction of sp³-hybridized carbons (Fsp3) is 0.130. The molecule has 0 radical (unpaired) electrons. The molecule has 3 aromatic carbocycles. The normalized spacial score (nSPS) is 19.3. The van der Waals surface area contributed by atoms with Crippen LogP contribution in [0.5, 0.6) is 0 Å². The summed E-state index contributed by atoms with van der Waals surface area (Å²) in [5.74, 6) is -2.68. The Bertz CT molecular complexity index is 1130. The lowest BCUT2D eigenvalue weighted by molar-refractivity contribution is -0.125. The maximum atomic E-state index is 13.2. The van der Waals surface area contributed by atoms with Gasteiger partial charge in [0.15, 0.2) is 5.78 Å². The van der Waals surface area contributed by atoms with Crippen LogP contribution in [0.1, 0.15) is 21.8 Å². The molecule has 29 heavy (non-hydrogen) atoms. The Morgan fingerprint density at radius 2 is 1.31 bits per heavy atom. The third-order valence-electron chi connectivity index (χ3n) is 5.18. The number of hydrogen-bond donors (Lipinski definition) is 0. The van der Waals surface area contributed by atoms with E-state index in [1.165, 1.54) is 12.1 Å². The monoisotopic (exact) mass is 405 g/mol. The van der Waals surface area contributed by atoms with Crippen LogP contribution in [0.3, 0.4) is 0 Å². The predicted octanol–water partition coefficient (Wildman–Crippen LogP) is 3.50. The van der Waals surface area contributed by atoms with Crippen molar-refractivity contribution in [3.63, 3.8) is 0 Å². The molecule has 0 spiro atoms. The summed E-state index contributed by atoms with van der Waals surface area (Å²) in [4.78, 5) is 26.5. The summed E-state index contributed by atoms with van der Waals surface area (Å²) in [6.45, 7) is -0.0662. The second-order valence-corrected chi connectivity index (χ2v) is 8.77. The van der Waals surface area contributed by atoms with Gasteiger partial charge in [-0.1, -0.05) is 78.9 Å². The quantitative estimate of drug-likeness (QED) is 0.481. The molecule has 3 aromatic rings. The van der Waals surface area contributed by atoms with Crippen LogP contribution in [0.25, 0.3) is 0 Å². The van der Waals surface area contributed by atoms with Crippen LogP contribution in [0, 0.1) is 5.92 Å². The second kappa shape index (κ2) is 7.64. The van der Waals surface area contributed by atoms with Gasteiger partial charge in [0.05, 0.1) is 4.90 Å². The molecule has 146 valence electrons. The van der Waals surface area contributed by atoms with E-state index in [2.05, 4.69) is 0 Å². The van der Waals surface area contributed by atoms with E-state index in [0.29, 0.717) is 5.56 Å². The number of carbonyl (C=O) groups is 2. The molecule has 1 aliphatic rings. The van der Waals surface area contributed by atoms with Crippen LogP contribution in [-0.4, -0.2) is 31.0 Å². The topological polar surface area (TPSA) is 71.5 Å². The lowest BCUT2D eigenvalue weighted by atomic mass is 9.83. The number of amides is 1. The number of nitrogens with zero attached hydrogens (tertiary/aromatic N) is 1. The average molecular weight is 405 g/mol. The maximum absolute atomic E-state index is 13.2.